The van der Waals surface area contributed by atoms with Crippen LogP contribution >= 0.6 is 0 Å². The third kappa shape index (κ3) is 1.81. The molecule has 0 radical (unpaired) electrons. The van der Waals surface area contributed by atoms with E-state index in [-0.39, 0.29) is 29.7 Å². The molecule has 2 saturated heterocycles. The summed E-state index contributed by atoms with van der Waals surface area (Å²) >= 11 is 0. The van der Waals surface area contributed by atoms with E-state index < -0.39 is 0 Å². The standard InChI is InChI=1S/C15H20O3/c1-9-5-4-8-15(3)13(18-15)12-11(7-6-9)10(2)14(16)17-12/h5,11-13H,2,4,6-8H2,1,3H3/b9-5-. The minimum atomic E-state index is -0.233. The van der Waals surface area contributed by atoms with E-state index in [2.05, 4.69) is 26.5 Å². The van der Waals surface area contributed by atoms with Gasteiger partial charge in [0.05, 0.1) is 5.60 Å². The molecule has 0 bridgehead atoms. The fraction of sp³-hybridized carbons (Fsp3) is 0.667. The van der Waals surface area contributed by atoms with Crippen molar-refractivity contribution in [1.82, 2.24) is 0 Å². The van der Waals surface area contributed by atoms with E-state index in [1.807, 2.05) is 0 Å². The van der Waals surface area contributed by atoms with Crippen molar-refractivity contribution in [3.63, 3.8) is 0 Å². The maximum absolute atomic E-state index is 11.7. The molecule has 2 heterocycles. The van der Waals surface area contributed by atoms with E-state index in [1.165, 1.54) is 5.57 Å². The van der Waals surface area contributed by atoms with Crippen LogP contribution in [0, 0.1) is 5.92 Å². The lowest BCUT2D eigenvalue weighted by molar-refractivity contribution is -0.140. The molecule has 2 aliphatic heterocycles. The fourth-order valence-corrected chi connectivity index (χ4v) is 3.20. The lowest BCUT2D eigenvalue weighted by Crippen LogP contribution is -2.28. The highest BCUT2D eigenvalue weighted by Crippen LogP contribution is 2.49. The number of hydrogen-bond donors (Lipinski definition) is 0. The van der Waals surface area contributed by atoms with Gasteiger partial charge in [-0.05, 0) is 39.5 Å². The first-order valence-corrected chi connectivity index (χ1v) is 6.74. The van der Waals surface area contributed by atoms with Crippen LogP contribution in [0.1, 0.15) is 39.5 Å². The molecular weight excluding hydrogens is 228 g/mol. The number of esters is 1. The molecule has 0 spiro atoms. The molecular formula is C15H20O3. The van der Waals surface area contributed by atoms with Crippen molar-refractivity contribution in [3.05, 3.63) is 23.8 Å². The van der Waals surface area contributed by atoms with Crippen molar-refractivity contribution in [1.29, 1.82) is 0 Å². The van der Waals surface area contributed by atoms with E-state index in [0.29, 0.717) is 5.57 Å². The van der Waals surface area contributed by atoms with E-state index in [0.717, 1.165) is 25.7 Å². The minimum absolute atomic E-state index is 0.0671. The number of allylic oxidation sites excluding steroid dienone is 2. The molecule has 0 aromatic heterocycles. The van der Waals surface area contributed by atoms with Crippen LogP contribution in [0.25, 0.3) is 0 Å². The number of hydrogen-bond acceptors (Lipinski definition) is 3. The highest BCUT2D eigenvalue weighted by Gasteiger charge is 2.61. The number of ether oxygens (including phenoxy) is 2. The average Bonchev–Trinajstić information content (AvgIpc) is 2.90. The molecule has 1 aliphatic carbocycles. The van der Waals surface area contributed by atoms with Gasteiger partial charge in [-0.15, -0.1) is 0 Å². The van der Waals surface area contributed by atoms with Crippen LogP contribution in [0.15, 0.2) is 23.8 Å². The number of fused-ring (bicyclic) bond motifs is 3. The summed E-state index contributed by atoms with van der Waals surface area (Å²) in [6.07, 6.45) is 6.25. The van der Waals surface area contributed by atoms with Crippen molar-refractivity contribution in [3.8, 4) is 0 Å². The Morgan fingerprint density at radius 3 is 3.06 bits per heavy atom. The Hall–Kier alpha value is -1.09. The Morgan fingerprint density at radius 1 is 1.50 bits per heavy atom. The van der Waals surface area contributed by atoms with Gasteiger partial charge in [-0.3, -0.25) is 0 Å². The van der Waals surface area contributed by atoms with Gasteiger partial charge in [0.15, 0.2) is 0 Å². The number of carbonyl (C=O) groups excluding carboxylic acids is 1. The lowest BCUT2D eigenvalue weighted by atomic mass is 9.84. The molecule has 0 saturated carbocycles. The zero-order valence-electron chi connectivity index (χ0n) is 11.1. The molecule has 0 N–H and O–H groups in total. The Labute approximate surface area is 108 Å². The van der Waals surface area contributed by atoms with Crippen molar-refractivity contribution >= 4 is 5.97 Å². The highest BCUT2D eigenvalue weighted by atomic mass is 16.6. The van der Waals surface area contributed by atoms with Gasteiger partial charge in [-0.2, -0.15) is 0 Å². The van der Waals surface area contributed by atoms with Crippen LogP contribution < -0.4 is 0 Å². The summed E-state index contributed by atoms with van der Waals surface area (Å²) in [6.45, 7) is 8.17. The summed E-state index contributed by atoms with van der Waals surface area (Å²) in [5.41, 5.74) is 1.91. The summed E-state index contributed by atoms with van der Waals surface area (Å²) < 4.78 is 11.3. The zero-order valence-corrected chi connectivity index (χ0v) is 11.1. The van der Waals surface area contributed by atoms with Crippen molar-refractivity contribution < 1.29 is 14.3 Å². The van der Waals surface area contributed by atoms with Crippen molar-refractivity contribution in [2.45, 2.75) is 57.3 Å². The first-order valence-electron chi connectivity index (χ1n) is 6.74. The molecule has 2 fully saturated rings. The summed E-state index contributed by atoms with van der Waals surface area (Å²) in [7, 11) is 0. The Bertz CT molecular complexity index is 437. The first kappa shape index (κ1) is 12.0. The molecule has 18 heavy (non-hydrogen) atoms. The van der Waals surface area contributed by atoms with Crippen LogP contribution in [0.4, 0.5) is 0 Å². The van der Waals surface area contributed by atoms with Gasteiger partial charge < -0.3 is 9.47 Å². The van der Waals surface area contributed by atoms with Gasteiger partial charge in [0, 0.05) is 11.5 Å². The van der Waals surface area contributed by atoms with Crippen LogP contribution in [-0.4, -0.2) is 23.8 Å². The quantitative estimate of drug-likeness (QED) is 0.286. The van der Waals surface area contributed by atoms with E-state index >= 15 is 0 Å². The van der Waals surface area contributed by atoms with Crippen molar-refractivity contribution in [2.75, 3.05) is 0 Å². The second-order valence-corrected chi connectivity index (χ2v) is 5.98. The Kier molecular flexibility index (Phi) is 2.63. The number of rotatable bonds is 0. The molecule has 3 rings (SSSR count). The summed E-state index contributed by atoms with van der Waals surface area (Å²) in [5.74, 6) is -0.102. The molecule has 98 valence electrons. The van der Waals surface area contributed by atoms with Gasteiger partial charge in [-0.1, -0.05) is 18.2 Å². The molecule has 0 aromatic rings. The first-order chi connectivity index (χ1) is 8.51. The maximum Gasteiger partial charge on any atom is 0.334 e. The van der Waals surface area contributed by atoms with E-state index in [9.17, 15) is 4.79 Å². The predicted octanol–water partition coefficient (Wildman–Crippen LogP) is 2.76. The van der Waals surface area contributed by atoms with Gasteiger partial charge in [0.2, 0.25) is 0 Å². The molecule has 3 nitrogen and oxygen atoms in total. The lowest BCUT2D eigenvalue weighted by Gasteiger charge is -2.19. The zero-order chi connectivity index (χ0) is 12.9. The smallest absolute Gasteiger partial charge is 0.334 e. The summed E-state index contributed by atoms with van der Waals surface area (Å²) in [6, 6.07) is 0. The van der Waals surface area contributed by atoms with Crippen LogP contribution in [0.5, 0.6) is 0 Å². The van der Waals surface area contributed by atoms with Crippen LogP contribution in [-0.2, 0) is 14.3 Å². The maximum atomic E-state index is 11.7. The SMILES string of the molecule is C=C1C(=O)OC2C1CC/C(C)=C\CCC1(C)OC21. The topological polar surface area (TPSA) is 38.8 Å². The second-order valence-electron chi connectivity index (χ2n) is 5.98. The Morgan fingerprint density at radius 2 is 2.28 bits per heavy atom. The largest absolute Gasteiger partial charge is 0.455 e. The van der Waals surface area contributed by atoms with Crippen LogP contribution in [0.3, 0.4) is 0 Å². The molecule has 4 atom stereocenters. The van der Waals surface area contributed by atoms with E-state index in [1.54, 1.807) is 0 Å². The van der Waals surface area contributed by atoms with Gasteiger partial charge in [-0.25, -0.2) is 4.79 Å². The molecule has 3 aliphatic rings. The highest BCUT2D eigenvalue weighted by molar-refractivity contribution is 5.91. The fourth-order valence-electron chi connectivity index (χ4n) is 3.20. The normalized spacial score (nSPS) is 46.6. The molecule has 3 heteroatoms. The second kappa shape index (κ2) is 3.95. The third-order valence-corrected chi connectivity index (χ3v) is 4.57. The Balaban J connectivity index is 1.87. The van der Waals surface area contributed by atoms with Crippen molar-refractivity contribution in [2.24, 2.45) is 5.92 Å². The van der Waals surface area contributed by atoms with Gasteiger partial charge >= 0.3 is 5.97 Å². The van der Waals surface area contributed by atoms with E-state index in [4.69, 9.17) is 9.47 Å². The summed E-state index contributed by atoms with van der Waals surface area (Å²) in [5, 5.41) is 0. The average molecular weight is 248 g/mol. The monoisotopic (exact) mass is 248 g/mol. The molecule has 4 unspecified atom stereocenters. The molecule has 0 amide bonds. The number of carbonyl (C=O) groups is 1. The van der Waals surface area contributed by atoms with Crippen LogP contribution in [0.2, 0.25) is 0 Å². The number of epoxide rings is 1. The van der Waals surface area contributed by atoms with Gasteiger partial charge in [0.25, 0.3) is 0 Å². The van der Waals surface area contributed by atoms with Gasteiger partial charge in [0.1, 0.15) is 12.2 Å². The summed E-state index contributed by atoms with van der Waals surface area (Å²) in [4.78, 5) is 11.7. The predicted molar refractivity (Wildman–Crippen MR) is 68.0 cm³/mol. The third-order valence-electron chi connectivity index (χ3n) is 4.57. The minimum Gasteiger partial charge on any atom is -0.455 e. The molecule has 0 aromatic carbocycles.